The minimum atomic E-state index is 1.23. The van der Waals surface area contributed by atoms with Gasteiger partial charge in [0.05, 0.1) is 0 Å². The molecule has 0 radical (unpaired) electrons. The van der Waals surface area contributed by atoms with Crippen molar-refractivity contribution in [1.82, 2.24) is 0 Å². The van der Waals surface area contributed by atoms with Gasteiger partial charge in [-0.25, -0.2) is 0 Å². The van der Waals surface area contributed by atoms with Crippen LogP contribution in [0, 0.1) is 47.3 Å². The number of hydrogen-bond acceptors (Lipinski definition) is 0. The van der Waals surface area contributed by atoms with Crippen LogP contribution in [0.15, 0.2) is 0 Å². The van der Waals surface area contributed by atoms with E-state index in [2.05, 4.69) is 0 Å². The van der Waals surface area contributed by atoms with E-state index in [0.717, 1.165) is 0 Å². The third-order valence-corrected chi connectivity index (χ3v) is 5.88. The first-order valence-electron chi connectivity index (χ1n) is 5.47. The highest BCUT2D eigenvalue weighted by Crippen LogP contribution is 2.90. The largest absolute Gasteiger partial charge is 0.0499 e. The molecule has 0 aromatic rings. The normalized spacial score (nSPS) is 85.1. The zero-order valence-electron chi connectivity index (χ0n) is 6.74. The maximum absolute atomic E-state index is 1.65. The molecule has 0 aromatic heterocycles. The van der Waals surface area contributed by atoms with Gasteiger partial charge in [-0.15, -0.1) is 0 Å². The molecule has 11 heavy (non-hydrogen) atoms. The quantitative estimate of drug-likeness (QED) is 0.491. The maximum atomic E-state index is 1.65. The summed E-state index contributed by atoms with van der Waals surface area (Å²) >= 11 is 0. The van der Waals surface area contributed by atoms with Crippen molar-refractivity contribution >= 4 is 0 Å². The summed E-state index contributed by atoms with van der Waals surface area (Å²) in [5.74, 6) is 10.3. The Labute approximate surface area is 67.4 Å². The molecule has 0 spiro atoms. The highest BCUT2D eigenvalue weighted by atomic mass is 14.9. The molecule has 0 N–H and O–H groups in total. The molecule has 0 aliphatic heterocycles. The summed E-state index contributed by atoms with van der Waals surface area (Å²) in [6.45, 7) is 0. The molecule has 0 heterocycles. The molecular weight excluding hydrogens is 132 g/mol. The van der Waals surface area contributed by atoms with Crippen molar-refractivity contribution in [2.75, 3.05) is 0 Å². The molecule has 0 amide bonds. The Balaban J connectivity index is 1.72. The van der Waals surface area contributed by atoms with Gasteiger partial charge in [-0.3, -0.25) is 0 Å². The van der Waals surface area contributed by atoms with Crippen LogP contribution in [0.1, 0.15) is 19.3 Å². The second-order valence-corrected chi connectivity index (χ2v) is 5.80. The molecule has 2 unspecified atom stereocenters. The minimum Gasteiger partial charge on any atom is -0.0499 e. The first-order chi connectivity index (χ1) is 5.47. The van der Waals surface area contributed by atoms with Crippen LogP contribution in [0.3, 0.4) is 0 Å². The molecule has 6 fully saturated rings. The van der Waals surface area contributed by atoms with E-state index >= 15 is 0 Å². The van der Waals surface area contributed by atoms with Gasteiger partial charge in [-0.1, -0.05) is 0 Å². The summed E-state index contributed by atoms with van der Waals surface area (Å²) < 4.78 is 0. The monoisotopic (exact) mass is 146 g/mol. The van der Waals surface area contributed by atoms with E-state index in [0.29, 0.717) is 0 Å². The van der Waals surface area contributed by atoms with Gasteiger partial charge in [0, 0.05) is 0 Å². The third-order valence-electron chi connectivity index (χ3n) is 5.88. The molecule has 6 saturated carbocycles. The van der Waals surface area contributed by atoms with E-state index in [1.807, 2.05) is 0 Å². The molecule has 0 saturated heterocycles. The van der Waals surface area contributed by atoms with Crippen molar-refractivity contribution in [3.63, 3.8) is 0 Å². The topological polar surface area (TPSA) is 0 Å². The van der Waals surface area contributed by atoms with Gasteiger partial charge in [0.2, 0.25) is 0 Å². The van der Waals surface area contributed by atoms with Crippen LogP contribution in [0.25, 0.3) is 0 Å². The summed E-state index contributed by atoms with van der Waals surface area (Å²) in [6, 6.07) is 0. The van der Waals surface area contributed by atoms with E-state index < -0.39 is 0 Å². The molecule has 58 valence electrons. The summed E-state index contributed by atoms with van der Waals surface area (Å²) in [6.07, 6.45) is 4.89. The Morgan fingerprint density at radius 3 is 1.55 bits per heavy atom. The minimum absolute atomic E-state index is 1.23. The number of hydrogen-bond donors (Lipinski definition) is 0. The maximum Gasteiger partial charge on any atom is -0.0312 e. The molecule has 0 heteroatoms. The fraction of sp³-hybridized carbons (Fsp3) is 1.00. The number of rotatable bonds is 0. The fourth-order valence-corrected chi connectivity index (χ4v) is 5.69. The zero-order valence-corrected chi connectivity index (χ0v) is 6.74. The second kappa shape index (κ2) is 1.11. The Bertz CT molecular complexity index is 223. The lowest BCUT2D eigenvalue weighted by atomic mass is 9.82. The smallest absolute Gasteiger partial charge is 0.0312 e. The molecule has 6 atom stereocenters. The summed E-state index contributed by atoms with van der Waals surface area (Å²) in [4.78, 5) is 0. The van der Waals surface area contributed by atoms with Crippen LogP contribution >= 0.6 is 0 Å². The highest BCUT2D eigenvalue weighted by molar-refractivity contribution is 5.33. The number of fused-ring (bicyclic) bond motifs is 2. The summed E-state index contributed by atoms with van der Waals surface area (Å²) in [5, 5.41) is 0. The van der Waals surface area contributed by atoms with Crippen LogP contribution in [-0.4, -0.2) is 0 Å². The van der Waals surface area contributed by atoms with E-state index in [9.17, 15) is 0 Å². The van der Waals surface area contributed by atoms with E-state index in [4.69, 9.17) is 0 Å². The van der Waals surface area contributed by atoms with Crippen molar-refractivity contribution in [3.8, 4) is 0 Å². The van der Waals surface area contributed by atoms with Gasteiger partial charge in [0.25, 0.3) is 0 Å². The lowest BCUT2D eigenvalue weighted by Gasteiger charge is -2.23. The molecular formula is C11H14. The van der Waals surface area contributed by atoms with Crippen molar-refractivity contribution in [2.45, 2.75) is 19.3 Å². The van der Waals surface area contributed by atoms with Crippen molar-refractivity contribution in [3.05, 3.63) is 0 Å². The Hall–Kier alpha value is 0. The lowest BCUT2D eigenvalue weighted by Crippen LogP contribution is -2.17. The average Bonchev–Trinajstić information content (AvgIpc) is 2.69. The first kappa shape index (κ1) is 4.89. The molecule has 6 aliphatic carbocycles. The van der Waals surface area contributed by atoms with Crippen LogP contribution in [0.4, 0.5) is 0 Å². The first-order valence-corrected chi connectivity index (χ1v) is 5.47. The van der Waals surface area contributed by atoms with Gasteiger partial charge in [0.15, 0.2) is 0 Å². The van der Waals surface area contributed by atoms with Crippen LogP contribution in [-0.2, 0) is 0 Å². The van der Waals surface area contributed by atoms with Crippen molar-refractivity contribution in [2.24, 2.45) is 47.3 Å². The SMILES string of the molecule is C1C[C@H]2C[C@@H]1[C@H]1C3C4C3C4[C@@H]21. The van der Waals surface area contributed by atoms with E-state index in [1.54, 1.807) is 19.3 Å². The lowest BCUT2D eigenvalue weighted by molar-refractivity contribution is 0.253. The van der Waals surface area contributed by atoms with Gasteiger partial charge < -0.3 is 0 Å². The second-order valence-electron chi connectivity index (χ2n) is 5.80. The molecule has 0 nitrogen and oxygen atoms in total. The Morgan fingerprint density at radius 1 is 0.545 bits per heavy atom. The van der Waals surface area contributed by atoms with Crippen LogP contribution in [0.2, 0.25) is 0 Å². The Morgan fingerprint density at radius 2 is 1.00 bits per heavy atom. The van der Waals surface area contributed by atoms with E-state index in [-0.39, 0.29) is 0 Å². The third kappa shape index (κ3) is 0.316. The highest BCUT2D eigenvalue weighted by Gasteiger charge is 2.86. The Kier molecular flexibility index (Phi) is 0.494. The molecule has 6 rings (SSSR count). The standard InChI is InChI=1S/C11H14/c1-2-5-3-4(1)6-7(5)9-10-8(6)11(9)10/h4-11H,1-3H2/t4-,5+,6-,7+,8?,9?,10?,11?. The van der Waals surface area contributed by atoms with Crippen molar-refractivity contribution in [1.29, 1.82) is 0 Å². The predicted molar refractivity (Wildman–Crippen MR) is 41.8 cm³/mol. The zero-order chi connectivity index (χ0) is 6.74. The predicted octanol–water partition coefficient (Wildman–Crippen LogP) is 2.15. The average molecular weight is 146 g/mol. The molecule has 6 aliphatic rings. The van der Waals surface area contributed by atoms with Crippen LogP contribution < -0.4 is 0 Å². The van der Waals surface area contributed by atoms with Gasteiger partial charge in [-0.05, 0) is 66.6 Å². The molecule has 4 bridgehead atoms. The van der Waals surface area contributed by atoms with Crippen molar-refractivity contribution < 1.29 is 0 Å². The summed E-state index contributed by atoms with van der Waals surface area (Å²) in [5.41, 5.74) is 0. The van der Waals surface area contributed by atoms with E-state index in [1.165, 1.54) is 47.3 Å². The summed E-state index contributed by atoms with van der Waals surface area (Å²) in [7, 11) is 0. The molecule has 0 aromatic carbocycles. The van der Waals surface area contributed by atoms with Gasteiger partial charge in [0.1, 0.15) is 0 Å². The van der Waals surface area contributed by atoms with Gasteiger partial charge >= 0.3 is 0 Å². The fourth-order valence-electron chi connectivity index (χ4n) is 5.69. The van der Waals surface area contributed by atoms with Crippen LogP contribution in [0.5, 0.6) is 0 Å². The van der Waals surface area contributed by atoms with Gasteiger partial charge in [-0.2, -0.15) is 0 Å².